The molecular formula is C10H14N2O. The van der Waals surface area contributed by atoms with Gasteiger partial charge in [-0.3, -0.25) is 4.79 Å². The number of hydrogen-bond donors (Lipinski definition) is 0. The van der Waals surface area contributed by atoms with Crippen LogP contribution in [0.25, 0.3) is 0 Å². The topological polar surface area (TPSA) is 34.9 Å². The standard InChI is InChI=1S/C10H14N2O/c1-2-12-6-5-11-10(12)8-3-4-9(13)7-8/h5-6,8H,2-4,7H2,1H3/t8-/m0/s1. The second-order valence-corrected chi connectivity index (χ2v) is 3.55. The second kappa shape index (κ2) is 3.32. The van der Waals surface area contributed by atoms with E-state index in [0.717, 1.165) is 25.2 Å². The molecule has 13 heavy (non-hydrogen) atoms. The number of aromatic nitrogens is 2. The van der Waals surface area contributed by atoms with E-state index in [1.165, 1.54) is 0 Å². The highest BCUT2D eigenvalue weighted by Crippen LogP contribution is 2.30. The van der Waals surface area contributed by atoms with E-state index in [1.807, 2.05) is 12.4 Å². The van der Waals surface area contributed by atoms with E-state index < -0.39 is 0 Å². The Kier molecular flexibility index (Phi) is 2.17. The lowest BCUT2D eigenvalue weighted by atomic mass is 10.1. The van der Waals surface area contributed by atoms with Crippen molar-refractivity contribution in [1.29, 1.82) is 0 Å². The van der Waals surface area contributed by atoms with Crippen LogP contribution >= 0.6 is 0 Å². The summed E-state index contributed by atoms with van der Waals surface area (Å²) < 4.78 is 2.13. The van der Waals surface area contributed by atoms with Gasteiger partial charge in [0, 0.05) is 37.7 Å². The Bertz CT molecular complexity index is 316. The van der Waals surface area contributed by atoms with Crippen molar-refractivity contribution in [3.05, 3.63) is 18.2 Å². The van der Waals surface area contributed by atoms with Crippen LogP contribution in [-0.2, 0) is 11.3 Å². The molecule has 3 heteroatoms. The molecule has 3 nitrogen and oxygen atoms in total. The normalized spacial score (nSPS) is 22.5. The van der Waals surface area contributed by atoms with Crippen molar-refractivity contribution in [2.75, 3.05) is 0 Å². The maximum atomic E-state index is 11.1. The van der Waals surface area contributed by atoms with Gasteiger partial charge in [0.1, 0.15) is 11.6 Å². The van der Waals surface area contributed by atoms with Crippen LogP contribution in [0.1, 0.15) is 37.9 Å². The van der Waals surface area contributed by atoms with Gasteiger partial charge in [-0.1, -0.05) is 0 Å². The SMILES string of the molecule is CCn1ccnc1[C@H]1CCC(=O)C1. The fourth-order valence-corrected chi connectivity index (χ4v) is 1.98. The molecule has 1 aromatic heterocycles. The fourth-order valence-electron chi connectivity index (χ4n) is 1.98. The van der Waals surface area contributed by atoms with Crippen LogP contribution in [0.4, 0.5) is 0 Å². The third-order valence-corrected chi connectivity index (χ3v) is 2.70. The number of hydrogen-bond acceptors (Lipinski definition) is 2. The van der Waals surface area contributed by atoms with Crippen molar-refractivity contribution >= 4 is 5.78 Å². The Morgan fingerprint density at radius 3 is 3.15 bits per heavy atom. The van der Waals surface area contributed by atoms with Gasteiger partial charge < -0.3 is 4.57 Å². The van der Waals surface area contributed by atoms with Gasteiger partial charge in [-0.05, 0) is 13.3 Å². The minimum Gasteiger partial charge on any atom is -0.335 e. The lowest BCUT2D eigenvalue weighted by molar-refractivity contribution is -0.117. The largest absolute Gasteiger partial charge is 0.335 e. The van der Waals surface area contributed by atoms with E-state index >= 15 is 0 Å². The molecule has 0 bridgehead atoms. The third kappa shape index (κ3) is 1.50. The molecule has 0 saturated heterocycles. The van der Waals surface area contributed by atoms with E-state index in [1.54, 1.807) is 0 Å². The molecule has 1 aliphatic carbocycles. The number of ketones is 1. The first-order valence-corrected chi connectivity index (χ1v) is 4.84. The van der Waals surface area contributed by atoms with E-state index in [0.29, 0.717) is 18.1 Å². The molecule has 1 heterocycles. The van der Waals surface area contributed by atoms with Crippen LogP contribution in [0.3, 0.4) is 0 Å². The van der Waals surface area contributed by atoms with Crippen molar-refractivity contribution in [3.63, 3.8) is 0 Å². The molecule has 1 saturated carbocycles. The molecule has 1 aliphatic rings. The zero-order valence-electron chi connectivity index (χ0n) is 7.86. The molecular weight excluding hydrogens is 164 g/mol. The summed E-state index contributed by atoms with van der Waals surface area (Å²) >= 11 is 0. The summed E-state index contributed by atoms with van der Waals surface area (Å²) in [4.78, 5) is 15.4. The summed E-state index contributed by atoms with van der Waals surface area (Å²) in [6.45, 7) is 3.04. The lowest BCUT2D eigenvalue weighted by Gasteiger charge is -2.09. The second-order valence-electron chi connectivity index (χ2n) is 3.55. The quantitative estimate of drug-likeness (QED) is 0.691. The minimum absolute atomic E-state index is 0.377. The first-order valence-electron chi connectivity index (χ1n) is 4.84. The smallest absolute Gasteiger partial charge is 0.133 e. The molecule has 70 valence electrons. The molecule has 0 unspecified atom stereocenters. The van der Waals surface area contributed by atoms with Crippen LogP contribution in [0, 0.1) is 0 Å². The molecule has 0 aromatic carbocycles. The maximum Gasteiger partial charge on any atom is 0.133 e. The average Bonchev–Trinajstić information content (AvgIpc) is 2.71. The highest BCUT2D eigenvalue weighted by molar-refractivity contribution is 5.81. The summed E-state index contributed by atoms with van der Waals surface area (Å²) in [6, 6.07) is 0. The molecule has 1 aromatic rings. The molecule has 0 aliphatic heterocycles. The molecule has 2 rings (SSSR count). The third-order valence-electron chi connectivity index (χ3n) is 2.70. The Balaban J connectivity index is 2.20. The highest BCUT2D eigenvalue weighted by atomic mass is 16.1. The van der Waals surface area contributed by atoms with Crippen molar-refractivity contribution in [3.8, 4) is 0 Å². The van der Waals surface area contributed by atoms with Crippen LogP contribution in [0.2, 0.25) is 0 Å². The van der Waals surface area contributed by atoms with E-state index in [-0.39, 0.29) is 0 Å². The lowest BCUT2D eigenvalue weighted by Crippen LogP contribution is -2.05. The van der Waals surface area contributed by atoms with Crippen molar-refractivity contribution in [1.82, 2.24) is 9.55 Å². The van der Waals surface area contributed by atoms with Crippen LogP contribution < -0.4 is 0 Å². The van der Waals surface area contributed by atoms with E-state index in [9.17, 15) is 4.79 Å². The van der Waals surface area contributed by atoms with Gasteiger partial charge >= 0.3 is 0 Å². The molecule has 0 N–H and O–H groups in total. The van der Waals surface area contributed by atoms with Gasteiger partial charge in [0.2, 0.25) is 0 Å². The number of rotatable bonds is 2. The maximum absolute atomic E-state index is 11.1. The van der Waals surface area contributed by atoms with Crippen LogP contribution in [0.5, 0.6) is 0 Å². The van der Waals surface area contributed by atoms with Gasteiger partial charge in [0.25, 0.3) is 0 Å². The van der Waals surface area contributed by atoms with Crippen LogP contribution in [0.15, 0.2) is 12.4 Å². The number of carbonyl (C=O) groups is 1. The van der Waals surface area contributed by atoms with E-state index in [4.69, 9.17) is 0 Å². The fraction of sp³-hybridized carbons (Fsp3) is 0.600. The first-order chi connectivity index (χ1) is 6.31. The summed E-state index contributed by atoms with van der Waals surface area (Å²) in [6.07, 6.45) is 6.22. The summed E-state index contributed by atoms with van der Waals surface area (Å²) in [5, 5.41) is 0. The average molecular weight is 178 g/mol. The zero-order valence-corrected chi connectivity index (χ0v) is 7.86. The molecule has 1 atom stereocenters. The van der Waals surface area contributed by atoms with Gasteiger partial charge in [0.05, 0.1) is 0 Å². The predicted octanol–water partition coefficient (Wildman–Crippen LogP) is 1.74. The molecule has 0 amide bonds. The number of Topliss-reactive ketones (excluding diaryl/α,β-unsaturated/α-hetero) is 1. The van der Waals surface area contributed by atoms with E-state index in [2.05, 4.69) is 16.5 Å². The summed E-state index contributed by atoms with van der Waals surface area (Å²) in [5.74, 6) is 1.85. The number of carbonyl (C=O) groups excluding carboxylic acids is 1. The zero-order chi connectivity index (χ0) is 9.26. The van der Waals surface area contributed by atoms with Crippen molar-refractivity contribution < 1.29 is 4.79 Å². The first kappa shape index (κ1) is 8.48. The number of nitrogens with zero attached hydrogens (tertiary/aromatic N) is 2. The van der Waals surface area contributed by atoms with Gasteiger partial charge in [-0.2, -0.15) is 0 Å². The Hall–Kier alpha value is -1.12. The summed E-state index contributed by atoms with van der Waals surface area (Å²) in [7, 11) is 0. The van der Waals surface area contributed by atoms with Gasteiger partial charge in [-0.25, -0.2) is 4.98 Å². The van der Waals surface area contributed by atoms with Gasteiger partial charge in [-0.15, -0.1) is 0 Å². The Labute approximate surface area is 77.8 Å². The Morgan fingerprint density at radius 1 is 1.69 bits per heavy atom. The van der Waals surface area contributed by atoms with Crippen molar-refractivity contribution in [2.24, 2.45) is 0 Å². The molecule has 0 spiro atoms. The Morgan fingerprint density at radius 2 is 2.54 bits per heavy atom. The molecule has 0 radical (unpaired) electrons. The predicted molar refractivity (Wildman–Crippen MR) is 49.5 cm³/mol. The number of aryl methyl sites for hydroxylation is 1. The summed E-state index contributed by atoms with van der Waals surface area (Å²) in [5.41, 5.74) is 0. The van der Waals surface area contributed by atoms with Crippen molar-refractivity contribution in [2.45, 2.75) is 38.6 Å². The minimum atomic E-state index is 0.377. The molecule has 1 fully saturated rings. The van der Waals surface area contributed by atoms with Crippen LogP contribution in [-0.4, -0.2) is 15.3 Å². The monoisotopic (exact) mass is 178 g/mol. The number of imidazole rings is 1. The van der Waals surface area contributed by atoms with Gasteiger partial charge in [0.15, 0.2) is 0 Å². The highest BCUT2D eigenvalue weighted by Gasteiger charge is 2.26.